The molecule has 1 fully saturated rings. The summed E-state index contributed by atoms with van der Waals surface area (Å²) >= 11 is 1.76. The first-order chi connectivity index (χ1) is 6.29. The second-order valence-electron chi connectivity index (χ2n) is 3.62. The van der Waals surface area contributed by atoms with Gasteiger partial charge in [0.05, 0.1) is 6.61 Å². The smallest absolute Gasteiger partial charge is 0.0513 e. The third kappa shape index (κ3) is 1.77. The van der Waals surface area contributed by atoms with Gasteiger partial charge in [-0.2, -0.15) is 0 Å². The molecule has 3 heteroatoms. The minimum Gasteiger partial charge on any atom is -0.381 e. The van der Waals surface area contributed by atoms with E-state index in [-0.39, 0.29) is 6.04 Å². The van der Waals surface area contributed by atoms with Crippen LogP contribution < -0.4 is 5.73 Å². The molecular weight excluding hydrogens is 182 g/mol. The van der Waals surface area contributed by atoms with E-state index in [4.69, 9.17) is 10.5 Å². The maximum absolute atomic E-state index is 6.18. The Morgan fingerprint density at radius 2 is 2.54 bits per heavy atom. The topological polar surface area (TPSA) is 35.2 Å². The molecule has 1 aromatic heterocycles. The van der Waals surface area contributed by atoms with Crippen molar-refractivity contribution >= 4 is 11.3 Å². The molecule has 0 saturated carbocycles. The van der Waals surface area contributed by atoms with E-state index in [1.54, 1.807) is 11.3 Å². The van der Waals surface area contributed by atoms with E-state index < -0.39 is 0 Å². The monoisotopic (exact) mass is 197 g/mol. The first kappa shape index (κ1) is 9.19. The zero-order valence-electron chi connectivity index (χ0n) is 7.82. The fourth-order valence-electron chi connectivity index (χ4n) is 1.78. The Balaban J connectivity index is 2.12. The molecule has 13 heavy (non-hydrogen) atoms. The molecule has 1 saturated heterocycles. The number of hydrogen-bond acceptors (Lipinski definition) is 3. The average molecular weight is 197 g/mol. The summed E-state index contributed by atoms with van der Waals surface area (Å²) in [5.41, 5.74) is 7.50. The second kappa shape index (κ2) is 3.78. The Labute approximate surface area is 82.7 Å². The van der Waals surface area contributed by atoms with Crippen LogP contribution >= 0.6 is 11.3 Å². The lowest BCUT2D eigenvalue weighted by Gasteiger charge is -2.16. The first-order valence-electron chi connectivity index (χ1n) is 4.66. The van der Waals surface area contributed by atoms with Crippen molar-refractivity contribution in [1.82, 2.24) is 0 Å². The van der Waals surface area contributed by atoms with Gasteiger partial charge in [-0.3, -0.25) is 0 Å². The van der Waals surface area contributed by atoms with Gasteiger partial charge in [0.25, 0.3) is 0 Å². The van der Waals surface area contributed by atoms with Crippen molar-refractivity contribution in [2.75, 3.05) is 13.2 Å². The normalized spacial score (nSPS) is 24.9. The summed E-state index contributed by atoms with van der Waals surface area (Å²) in [6.07, 6.45) is 1.11. The molecule has 2 rings (SSSR count). The van der Waals surface area contributed by atoms with E-state index in [1.807, 2.05) is 0 Å². The van der Waals surface area contributed by atoms with Crippen LogP contribution in [-0.4, -0.2) is 13.2 Å². The molecule has 72 valence electrons. The number of hydrogen-bond donors (Lipinski definition) is 1. The number of aryl methyl sites for hydroxylation is 1. The Kier molecular flexibility index (Phi) is 2.67. The maximum Gasteiger partial charge on any atom is 0.0513 e. The summed E-state index contributed by atoms with van der Waals surface area (Å²) in [6.45, 7) is 3.84. The molecule has 1 aliphatic heterocycles. The second-order valence-corrected chi connectivity index (χ2v) is 4.57. The van der Waals surface area contributed by atoms with E-state index in [2.05, 4.69) is 18.4 Å². The van der Waals surface area contributed by atoms with E-state index >= 15 is 0 Å². The van der Waals surface area contributed by atoms with E-state index in [1.165, 1.54) is 10.4 Å². The third-order valence-corrected chi connectivity index (χ3v) is 3.80. The molecular formula is C10H15NOS. The zero-order chi connectivity index (χ0) is 9.26. The lowest BCUT2D eigenvalue weighted by molar-refractivity contribution is 0.181. The molecule has 2 atom stereocenters. The molecule has 1 aromatic rings. The fraction of sp³-hybridized carbons (Fsp3) is 0.600. The van der Waals surface area contributed by atoms with Crippen molar-refractivity contribution in [2.45, 2.75) is 19.4 Å². The van der Waals surface area contributed by atoms with E-state index in [0.29, 0.717) is 5.92 Å². The molecule has 2 nitrogen and oxygen atoms in total. The van der Waals surface area contributed by atoms with Gasteiger partial charge in [0, 0.05) is 23.4 Å². The van der Waals surface area contributed by atoms with Gasteiger partial charge in [0.2, 0.25) is 0 Å². The van der Waals surface area contributed by atoms with Crippen molar-refractivity contribution in [3.8, 4) is 0 Å². The summed E-state index contributed by atoms with van der Waals surface area (Å²) in [5, 5.41) is 2.11. The number of thiophene rings is 1. The van der Waals surface area contributed by atoms with Gasteiger partial charge in [-0.05, 0) is 30.4 Å². The molecule has 2 N–H and O–H groups in total. The lowest BCUT2D eigenvalue weighted by Crippen LogP contribution is -2.21. The number of nitrogens with two attached hydrogens (primary N) is 1. The SMILES string of the molecule is Cc1ccsc1C(N)C1CCOC1. The molecule has 0 spiro atoms. The van der Waals surface area contributed by atoms with Crippen LogP contribution in [0.25, 0.3) is 0 Å². The quantitative estimate of drug-likeness (QED) is 0.788. The Morgan fingerprint density at radius 1 is 1.69 bits per heavy atom. The van der Waals surface area contributed by atoms with Crippen LogP contribution in [0.4, 0.5) is 0 Å². The predicted molar refractivity (Wildman–Crippen MR) is 54.9 cm³/mol. The van der Waals surface area contributed by atoms with Crippen molar-refractivity contribution < 1.29 is 4.74 Å². The van der Waals surface area contributed by atoms with Gasteiger partial charge in [-0.15, -0.1) is 11.3 Å². The van der Waals surface area contributed by atoms with Crippen LogP contribution in [-0.2, 0) is 4.74 Å². The Bertz CT molecular complexity index is 278. The zero-order valence-corrected chi connectivity index (χ0v) is 8.64. The number of rotatable bonds is 2. The van der Waals surface area contributed by atoms with Crippen LogP contribution in [0.3, 0.4) is 0 Å². The van der Waals surface area contributed by atoms with Crippen molar-refractivity contribution in [2.24, 2.45) is 11.7 Å². The summed E-state index contributed by atoms with van der Waals surface area (Å²) < 4.78 is 5.34. The minimum absolute atomic E-state index is 0.183. The van der Waals surface area contributed by atoms with Gasteiger partial charge in [0.1, 0.15) is 0 Å². The van der Waals surface area contributed by atoms with Crippen molar-refractivity contribution in [3.63, 3.8) is 0 Å². The molecule has 0 aromatic carbocycles. The third-order valence-electron chi connectivity index (χ3n) is 2.68. The first-order valence-corrected chi connectivity index (χ1v) is 5.54. The van der Waals surface area contributed by atoms with Gasteiger partial charge < -0.3 is 10.5 Å². The van der Waals surface area contributed by atoms with E-state index in [0.717, 1.165) is 19.6 Å². The molecule has 0 amide bonds. The van der Waals surface area contributed by atoms with Gasteiger partial charge in [-0.1, -0.05) is 0 Å². The molecule has 0 radical (unpaired) electrons. The maximum atomic E-state index is 6.18. The van der Waals surface area contributed by atoms with Crippen LogP contribution in [0.1, 0.15) is 22.9 Å². The molecule has 0 aliphatic carbocycles. The van der Waals surface area contributed by atoms with Crippen LogP contribution in [0.15, 0.2) is 11.4 Å². The molecule has 2 unspecified atom stereocenters. The molecule has 2 heterocycles. The summed E-state index contributed by atoms with van der Waals surface area (Å²) in [5.74, 6) is 0.525. The number of ether oxygens (including phenoxy) is 1. The van der Waals surface area contributed by atoms with Gasteiger partial charge >= 0.3 is 0 Å². The Morgan fingerprint density at radius 3 is 3.08 bits per heavy atom. The van der Waals surface area contributed by atoms with Crippen molar-refractivity contribution in [1.29, 1.82) is 0 Å². The summed E-state index contributed by atoms with van der Waals surface area (Å²) in [6, 6.07) is 2.32. The van der Waals surface area contributed by atoms with E-state index in [9.17, 15) is 0 Å². The highest BCUT2D eigenvalue weighted by atomic mass is 32.1. The highest BCUT2D eigenvalue weighted by molar-refractivity contribution is 7.10. The summed E-state index contributed by atoms with van der Waals surface area (Å²) in [4.78, 5) is 1.33. The van der Waals surface area contributed by atoms with Crippen LogP contribution in [0.5, 0.6) is 0 Å². The fourth-order valence-corrected chi connectivity index (χ4v) is 2.80. The average Bonchev–Trinajstić information content (AvgIpc) is 2.72. The highest BCUT2D eigenvalue weighted by Crippen LogP contribution is 2.31. The minimum atomic E-state index is 0.183. The van der Waals surface area contributed by atoms with Crippen molar-refractivity contribution in [3.05, 3.63) is 21.9 Å². The Hall–Kier alpha value is -0.380. The largest absolute Gasteiger partial charge is 0.381 e. The van der Waals surface area contributed by atoms with Gasteiger partial charge in [-0.25, -0.2) is 0 Å². The van der Waals surface area contributed by atoms with Crippen LogP contribution in [0.2, 0.25) is 0 Å². The lowest BCUT2D eigenvalue weighted by atomic mass is 9.97. The van der Waals surface area contributed by atoms with Crippen LogP contribution in [0, 0.1) is 12.8 Å². The highest BCUT2D eigenvalue weighted by Gasteiger charge is 2.25. The summed E-state index contributed by atoms with van der Waals surface area (Å²) in [7, 11) is 0. The molecule has 0 bridgehead atoms. The predicted octanol–water partition coefficient (Wildman–Crippen LogP) is 2.09. The van der Waals surface area contributed by atoms with Gasteiger partial charge in [0.15, 0.2) is 0 Å². The standard InChI is InChI=1S/C10H15NOS/c1-7-3-5-13-10(7)9(11)8-2-4-12-6-8/h3,5,8-9H,2,4,6,11H2,1H3. The molecule has 1 aliphatic rings.